The fourth-order valence-corrected chi connectivity index (χ4v) is 1.49. The van der Waals surface area contributed by atoms with Crippen molar-refractivity contribution in [3.63, 3.8) is 0 Å². The van der Waals surface area contributed by atoms with E-state index in [2.05, 4.69) is 0 Å². The third-order valence-corrected chi connectivity index (χ3v) is 2.37. The first-order valence-electron chi connectivity index (χ1n) is 3.57. The molecule has 70 valence electrons. The molecule has 0 radical (unpaired) electrons. The topological polar surface area (TPSA) is 55.8 Å². The van der Waals surface area contributed by atoms with Crippen molar-refractivity contribution < 1.29 is 18.9 Å². The first-order valence-corrected chi connectivity index (χ1v) is 4.78. The predicted octanol–water partition coefficient (Wildman–Crippen LogP) is 1.06. The molecule has 0 amide bonds. The van der Waals surface area contributed by atoms with Crippen LogP contribution in [-0.2, 0) is 4.57 Å². The van der Waals surface area contributed by atoms with E-state index in [4.69, 9.17) is 14.4 Å². The second kappa shape index (κ2) is 4.21. The number of hydrogen-bond donors (Lipinski definition) is 1. The summed E-state index contributed by atoms with van der Waals surface area (Å²) in [6, 6.07) is 4.69. The minimum atomic E-state index is -2.37. The summed E-state index contributed by atoms with van der Waals surface area (Å²) in [5.74, 6) is 0.959. The summed E-state index contributed by atoms with van der Waals surface area (Å²) in [4.78, 5) is 8.89. The Hall–Kier alpha value is -1.12. The monoisotopic (exact) mass is 201 g/mol. The van der Waals surface area contributed by atoms with Crippen LogP contribution in [0.25, 0.3) is 0 Å². The van der Waals surface area contributed by atoms with Crippen LogP contribution in [0.3, 0.4) is 0 Å². The molecular formula is C8H10O4P+. The molecule has 4 nitrogen and oxygen atoms in total. The number of hydrogen-bond acceptors (Lipinski definition) is 3. The van der Waals surface area contributed by atoms with Crippen LogP contribution < -0.4 is 14.8 Å². The van der Waals surface area contributed by atoms with E-state index in [1.807, 2.05) is 0 Å². The highest BCUT2D eigenvalue weighted by Gasteiger charge is 2.22. The van der Waals surface area contributed by atoms with Crippen LogP contribution in [0.15, 0.2) is 18.2 Å². The molecule has 0 bridgehead atoms. The van der Waals surface area contributed by atoms with Crippen LogP contribution in [0.5, 0.6) is 11.5 Å². The fraction of sp³-hybridized carbons (Fsp3) is 0.250. The summed E-state index contributed by atoms with van der Waals surface area (Å²) in [6.07, 6.45) is 0. The van der Waals surface area contributed by atoms with Crippen molar-refractivity contribution >= 4 is 13.3 Å². The van der Waals surface area contributed by atoms with E-state index in [-0.39, 0.29) is 5.30 Å². The van der Waals surface area contributed by atoms with Crippen molar-refractivity contribution in [1.82, 2.24) is 0 Å². The largest absolute Gasteiger partial charge is 0.550 e. The summed E-state index contributed by atoms with van der Waals surface area (Å²) in [6.45, 7) is 0. The average Bonchev–Trinajstić information content (AvgIpc) is 2.16. The summed E-state index contributed by atoms with van der Waals surface area (Å²) < 4.78 is 20.7. The Morgan fingerprint density at radius 2 is 2.00 bits per heavy atom. The Balaban J connectivity index is 3.15. The van der Waals surface area contributed by atoms with Gasteiger partial charge in [0.05, 0.1) is 14.2 Å². The van der Waals surface area contributed by atoms with E-state index in [0.717, 1.165) is 0 Å². The SMILES string of the molecule is COc1ccc([P+](=O)O)c(OC)c1. The molecule has 5 heteroatoms. The Kier molecular flexibility index (Phi) is 3.23. The molecule has 1 unspecified atom stereocenters. The molecule has 0 aliphatic heterocycles. The zero-order valence-corrected chi connectivity index (χ0v) is 8.25. The summed E-state index contributed by atoms with van der Waals surface area (Å²) in [5.41, 5.74) is 0. The van der Waals surface area contributed by atoms with Gasteiger partial charge in [0, 0.05) is 12.1 Å². The molecule has 1 rings (SSSR count). The first-order chi connectivity index (χ1) is 6.19. The Bertz CT molecular complexity index is 324. The summed E-state index contributed by atoms with van der Waals surface area (Å²) in [7, 11) is 0.593. The van der Waals surface area contributed by atoms with E-state index in [1.165, 1.54) is 20.3 Å². The molecule has 13 heavy (non-hydrogen) atoms. The van der Waals surface area contributed by atoms with Gasteiger partial charge in [0.25, 0.3) is 5.30 Å². The molecule has 0 aromatic heterocycles. The molecule has 0 heterocycles. The minimum absolute atomic E-state index is 0.276. The minimum Gasteiger partial charge on any atom is -0.497 e. The van der Waals surface area contributed by atoms with E-state index in [1.54, 1.807) is 12.1 Å². The van der Waals surface area contributed by atoms with Crippen LogP contribution in [0.4, 0.5) is 0 Å². The van der Waals surface area contributed by atoms with Crippen LogP contribution in [0.2, 0.25) is 0 Å². The first kappa shape index (κ1) is 9.96. The van der Waals surface area contributed by atoms with Gasteiger partial charge in [0.15, 0.2) is 5.75 Å². The maximum atomic E-state index is 10.8. The van der Waals surface area contributed by atoms with Gasteiger partial charge in [0.2, 0.25) is 0 Å². The lowest BCUT2D eigenvalue weighted by Crippen LogP contribution is -2.02. The van der Waals surface area contributed by atoms with E-state index >= 15 is 0 Å². The van der Waals surface area contributed by atoms with Gasteiger partial charge in [-0.15, -0.1) is 0 Å². The molecule has 1 aromatic carbocycles. The second-order valence-electron chi connectivity index (χ2n) is 2.31. The van der Waals surface area contributed by atoms with E-state index < -0.39 is 8.03 Å². The van der Waals surface area contributed by atoms with E-state index in [9.17, 15) is 4.57 Å². The van der Waals surface area contributed by atoms with E-state index in [0.29, 0.717) is 11.5 Å². The van der Waals surface area contributed by atoms with Crippen LogP contribution in [0.1, 0.15) is 0 Å². The maximum absolute atomic E-state index is 10.8. The molecule has 0 saturated heterocycles. The van der Waals surface area contributed by atoms with Gasteiger partial charge in [-0.1, -0.05) is 0 Å². The molecule has 1 atom stereocenters. The molecule has 1 aromatic rings. The summed E-state index contributed by atoms with van der Waals surface area (Å²) in [5, 5.41) is 0.276. The van der Waals surface area contributed by atoms with Crippen LogP contribution in [-0.4, -0.2) is 19.1 Å². The molecule has 1 N–H and O–H groups in total. The second-order valence-corrected chi connectivity index (χ2v) is 3.34. The van der Waals surface area contributed by atoms with Crippen molar-refractivity contribution in [3.8, 4) is 11.5 Å². The molecule has 0 aliphatic rings. The zero-order chi connectivity index (χ0) is 9.84. The number of ether oxygens (including phenoxy) is 2. The highest BCUT2D eigenvalue weighted by Crippen LogP contribution is 2.25. The summed E-state index contributed by atoms with van der Waals surface area (Å²) >= 11 is 0. The molecule has 0 spiro atoms. The molecule has 0 aliphatic carbocycles. The van der Waals surface area contributed by atoms with Crippen molar-refractivity contribution in [2.45, 2.75) is 0 Å². The normalized spacial score (nSPS) is 10.8. The lowest BCUT2D eigenvalue weighted by Gasteiger charge is -2.02. The Morgan fingerprint density at radius 3 is 2.46 bits per heavy atom. The lowest BCUT2D eigenvalue weighted by molar-refractivity contribution is 0.396. The van der Waals surface area contributed by atoms with Gasteiger partial charge in [0.1, 0.15) is 5.75 Å². The van der Waals surface area contributed by atoms with Crippen LogP contribution in [0, 0.1) is 0 Å². The quantitative estimate of drug-likeness (QED) is 0.743. The van der Waals surface area contributed by atoms with Gasteiger partial charge in [-0.25, -0.2) is 0 Å². The van der Waals surface area contributed by atoms with Gasteiger partial charge in [-0.3, -0.25) is 0 Å². The molecule has 0 saturated carbocycles. The van der Waals surface area contributed by atoms with Crippen molar-refractivity contribution in [2.24, 2.45) is 0 Å². The van der Waals surface area contributed by atoms with Gasteiger partial charge >= 0.3 is 8.03 Å². The van der Waals surface area contributed by atoms with Crippen molar-refractivity contribution in [3.05, 3.63) is 18.2 Å². The molecule has 0 fully saturated rings. The van der Waals surface area contributed by atoms with Gasteiger partial charge in [-0.05, 0) is 10.6 Å². The third-order valence-electron chi connectivity index (χ3n) is 1.59. The van der Waals surface area contributed by atoms with Gasteiger partial charge < -0.3 is 9.47 Å². The number of methoxy groups -OCH3 is 2. The standard InChI is InChI=1S/C8H9O4P/c1-11-6-3-4-8(13(9)10)7(5-6)12-2/h3-5H,1-2H3/p+1. The Labute approximate surface area is 77.0 Å². The zero-order valence-electron chi connectivity index (χ0n) is 7.35. The van der Waals surface area contributed by atoms with Crippen molar-refractivity contribution in [1.29, 1.82) is 0 Å². The lowest BCUT2D eigenvalue weighted by atomic mass is 10.3. The fourth-order valence-electron chi connectivity index (χ4n) is 0.943. The third kappa shape index (κ3) is 2.17. The average molecular weight is 201 g/mol. The Morgan fingerprint density at radius 1 is 1.31 bits per heavy atom. The van der Waals surface area contributed by atoms with Crippen molar-refractivity contribution in [2.75, 3.05) is 14.2 Å². The molecular weight excluding hydrogens is 191 g/mol. The number of benzene rings is 1. The van der Waals surface area contributed by atoms with Crippen LogP contribution >= 0.6 is 8.03 Å². The maximum Gasteiger partial charge on any atom is 0.550 e. The van der Waals surface area contributed by atoms with Gasteiger partial charge in [-0.2, -0.15) is 4.89 Å². The number of rotatable bonds is 3. The smallest absolute Gasteiger partial charge is 0.497 e. The predicted molar refractivity (Wildman–Crippen MR) is 49.0 cm³/mol. The highest BCUT2D eigenvalue weighted by molar-refractivity contribution is 7.47. The highest BCUT2D eigenvalue weighted by atomic mass is 31.1.